The summed E-state index contributed by atoms with van der Waals surface area (Å²) in [6, 6.07) is 18.6. The molecule has 3 aromatic rings. The molecule has 1 aliphatic rings. The molecule has 1 fully saturated rings. The lowest BCUT2D eigenvalue weighted by molar-refractivity contribution is -0.122. The molecule has 2 aromatic carbocycles. The predicted molar refractivity (Wildman–Crippen MR) is 154 cm³/mol. The first-order valence-corrected chi connectivity index (χ1v) is 14.5. The maximum atomic E-state index is 13.1. The van der Waals surface area contributed by atoms with Gasteiger partial charge < -0.3 is 0 Å². The normalized spacial score (nSPS) is 14.9. The summed E-state index contributed by atoms with van der Waals surface area (Å²) >= 11 is 8.80. The van der Waals surface area contributed by atoms with Crippen LogP contribution in [0.15, 0.2) is 70.6 Å². The van der Waals surface area contributed by atoms with Crippen LogP contribution < -0.4 is 0 Å². The van der Waals surface area contributed by atoms with Gasteiger partial charge in [-0.3, -0.25) is 9.69 Å². The summed E-state index contributed by atoms with van der Waals surface area (Å²) in [4.78, 5) is 16.8. The Morgan fingerprint density at radius 3 is 2.46 bits per heavy atom. The number of para-hydroxylation sites is 1. The van der Waals surface area contributed by atoms with Crippen LogP contribution in [-0.4, -0.2) is 37.2 Å². The number of nitrogens with zero attached hydrogens (tertiary/aromatic N) is 3. The van der Waals surface area contributed by atoms with Crippen LogP contribution in [0.4, 0.5) is 0 Å². The minimum atomic E-state index is -0.00261. The highest BCUT2D eigenvalue weighted by Gasteiger charge is 2.32. The van der Waals surface area contributed by atoms with E-state index in [9.17, 15) is 4.79 Å². The topological polar surface area (TPSA) is 38.1 Å². The quantitative estimate of drug-likeness (QED) is 0.111. The van der Waals surface area contributed by atoms with Crippen LogP contribution in [0.2, 0.25) is 0 Å². The Kier molecular flexibility index (Phi) is 9.24. The van der Waals surface area contributed by atoms with Gasteiger partial charge in [0, 0.05) is 28.8 Å². The summed E-state index contributed by atoms with van der Waals surface area (Å²) in [6.07, 6.45) is 9.54. The minimum absolute atomic E-state index is 0.00261. The Bertz CT molecular complexity index is 1190. The van der Waals surface area contributed by atoms with Crippen molar-refractivity contribution >= 4 is 52.0 Å². The van der Waals surface area contributed by atoms with Crippen LogP contribution in [0.5, 0.6) is 0 Å². The summed E-state index contributed by atoms with van der Waals surface area (Å²) in [5.74, 6) is 1.13. The van der Waals surface area contributed by atoms with Gasteiger partial charge in [0.1, 0.15) is 4.32 Å². The summed E-state index contributed by atoms with van der Waals surface area (Å²) in [5.41, 5.74) is 3.78. The molecular weight excluding hydrogens is 491 g/mol. The van der Waals surface area contributed by atoms with Crippen LogP contribution in [-0.2, 0) is 4.79 Å². The number of hydrogen-bond acceptors (Lipinski definition) is 5. The largest absolute Gasteiger partial charge is 0.293 e. The fourth-order valence-electron chi connectivity index (χ4n) is 3.83. The highest BCUT2D eigenvalue weighted by molar-refractivity contribution is 8.26. The van der Waals surface area contributed by atoms with Gasteiger partial charge in [-0.15, -0.1) is 11.8 Å². The lowest BCUT2D eigenvalue weighted by atomic mass is 10.1. The number of carbonyl (C=O) groups excluding carboxylic acids is 1. The number of thioether (sulfide) groups is 2. The minimum Gasteiger partial charge on any atom is -0.293 e. The molecule has 1 aliphatic heterocycles. The van der Waals surface area contributed by atoms with Crippen LogP contribution in [0.1, 0.15) is 51.5 Å². The maximum Gasteiger partial charge on any atom is 0.266 e. The Morgan fingerprint density at radius 1 is 1.00 bits per heavy atom. The Balaban J connectivity index is 1.65. The van der Waals surface area contributed by atoms with Crippen molar-refractivity contribution in [1.82, 2.24) is 14.7 Å². The second kappa shape index (κ2) is 12.6. The van der Waals surface area contributed by atoms with Crippen molar-refractivity contribution < 1.29 is 4.79 Å². The fraction of sp³-hybridized carbons (Fsp3) is 0.321. The number of amides is 1. The molecule has 0 unspecified atom stereocenters. The third-order valence-corrected chi connectivity index (χ3v) is 8.28. The van der Waals surface area contributed by atoms with E-state index in [2.05, 4.69) is 38.1 Å². The number of thiocarbonyl (C=S) groups is 1. The number of aromatic nitrogens is 2. The van der Waals surface area contributed by atoms with Crippen molar-refractivity contribution in [2.75, 3.05) is 12.3 Å². The second-order valence-electron chi connectivity index (χ2n) is 8.48. The highest BCUT2D eigenvalue weighted by Crippen LogP contribution is 2.35. The van der Waals surface area contributed by atoms with Crippen LogP contribution in [0.25, 0.3) is 23.0 Å². The summed E-state index contributed by atoms with van der Waals surface area (Å²) in [7, 11) is 0. The summed E-state index contributed by atoms with van der Waals surface area (Å²) < 4.78 is 2.52. The molecule has 1 amide bonds. The van der Waals surface area contributed by atoms with Gasteiger partial charge in [-0.05, 0) is 48.9 Å². The number of rotatable bonds is 11. The van der Waals surface area contributed by atoms with Crippen molar-refractivity contribution in [3.63, 3.8) is 0 Å². The zero-order valence-electron chi connectivity index (χ0n) is 20.3. The smallest absolute Gasteiger partial charge is 0.266 e. The Labute approximate surface area is 222 Å². The summed E-state index contributed by atoms with van der Waals surface area (Å²) in [6.45, 7) is 5.06. The van der Waals surface area contributed by atoms with Gasteiger partial charge >= 0.3 is 0 Å². The lowest BCUT2D eigenvalue weighted by Gasteiger charge is -2.13. The molecule has 0 atom stereocenters. The SMILES string of the molecule is CCCCCN1C(=O)C(=Cc2cn(-c3ccccc3)nc2-c2ccc(SCCCC)cc2)SC1=S. The molecule has 182 valence electrons. The van der Waals surface area contributed by atoms with Gasteiger partial charge in [0.2, 0.25) is 0 Å². The average Bonchev–Trinajstić information content (AvgIpc) is 3.41. The Morgan fingerprint density at radius 2 is 1.74 bits per heavy atom. The van der Waals surface area contributed by atoms with E-state index in [0.717, 1.165) is 47.5 Å². The van der Waals surface area contributed by atoms with E-state index in [-0.39, 0.29) is 5.91 Å². The molecule has 0 aliphatic carbocycles. The van der Waals surface area contributed by atoms with Crippen molar-refractivity contribution in [2.45, 2.75) is 50.8 Å². The first-order chi connectivity index (χ1) is 17.1. The zero-order chi connectivity index (χ0) is 24.6. The monoisotopic (exact) mass is 521 g/mol. The molecule has 4 rings (SSSR count). The molecule has 0 radical (unpaired) electrons. The first kappa shape index (κ1) is 25.7. The van der Waals surface area contributed by atoms with Crippen LogP contribution >= 0.6 is 35.7 Å². The third kappa shape index (κ3) is 6.46. The third-order valence-electron chi connectivity index (χ3n) is 5.80. The lowest BCUT2D eigenvalue weighted by Crippen LogP contribution is -2.28. The molecule has 35 heavy (non-hydrogen) atoms. The molecule has 2 heterocycles. The number of hydrogen-bond donors (Lipinski definition) is 0. The van der Waals surface area contributed by atoms with E-state index in [1.54, 1.807) is 4.90 Å². The second-order valence-corrected chi connectivity index (χ2v) is 11.3. The summed E-state index contributed by atoms with van der Waals surface area (Å²) in [5, 5.41) is 4.92. The molecule has 0 N–H and O–H groups in total. The number of carbonyl (C=O) groups is 1. The molecule has 0 spiro atoms. The molecule has 1 saturated heterocycles. The molecule has 7 heteroatoms. The maximum absolute atomic E-state index is 13.1. The van der Waals surface area contributed by atoms with Gasteiger partial charge in [-0.1, -0.05) is 87.4 Å². The van der Waals surface area contributed by atoms with E-state index >= 15 is 0 Å². The van der Waals surface area contributed by atoms with E-state index in [4.69, 9.17) is 17.3 Å². The van der Waals surface area contributed by atoms with E-state index in [1.807, 2.05) is 59.0 Å². The van der Waals surface area contributed by atoms with Crippen molar-refractivity contribution in [3.05, 3.63) is 71.3 Å². The average molecular weight is 522 g/mol. The molecular formula is C28H31N3OS3. The predicted octanol–water partition coefficient (Wildman–Crippen LogP) is 7.82. The van der Waals surface area contributed by atoms with Crippen molar-refractivity contribution in [3.8, 4) is 16.9 Å². The van der Waals surface area contributed by atoms with Crippen molar-refractivity contribution in [2.24, 2.45) is 0 Å². The van der Waals surface area contributed by atoms with Crippen LogP contribution in [0.3, 0.4) is 0 Å². The van der Waals surface area contributed by atoms with E-state index in [0.29, 0.717) is 15.8 Å². The number of benzene rings is 2. The van der Waals surface area contributed by atoms with Gasteiger partial charge in [0.25, 0.3) is 5.91 Å². The van der Waals surface area contributed by atoms with Gasteiger partial charge in [0.05, 0.1) is 16.3 Å². The standard InChI is InChI=1S/C28H31N3OS3/c1-3-5-10-17-30-27(32)25(35-28(30)33)19-22-20-31(23-11-8-7-9-12-23)29-26(22)21-13-15-24(16-14-21)34-18-6-4-2/h7-9,11-16,19-20H,3-6,10,17-18H2,1-2H3. The fourth-order valence-corrected chi connectivity index (χ4v) is 6.12. The van der Waals surface area contributed by atoms with Crippen molar-refractivity contribution in [1.29, 1.82) is 0 Å². The molecule has 1 aromatic heterocycles. The van der Waals surface area contributed by atoms with E-state index in [1.165, 1.54) is 29.5 Å². The Hall–Kier alpha value is -2.35. The van der Waals surface area contributed by atoms with Crippen LogP contribution in [0, 0.1) is 0 Å². The molecule has 0 saturated carbocycles. The van der Waals surface area contributed by atoms with Gasteiger partial charge in [-0.25, -0.2) is 4.68 Å². The molecule has 4 nitrogen and oxygen atoms in total. The molecule has 0 bridgehead atoms. The highest BCUT2D eigenvalue weighted by atomic mass is 32.2. The first-order valence-electron chi connectivity index (χ1n) is 12.2. The number of unbranched alkanes of at least 4 members (excludes halogenated alkanes) is 3. The zero-order valence-corrected chi connectivity index (χ0v) is 22.7. The van der Waals surface area contributed by atoms with Gasteiger partial charge in [-0.2, -0.15) is 5.10 Å². The van der Waals surface area contributed by atoms with E-state index < -0.39 is 0 Å². The van der Waals surface area contributed by atoms with Gasteiger partial charge in [0.15, 0.2) is 0 Å².